The summed E-state index contributed by atoms with van der Waals surface area (Å²) < 4.78 is 31.8. The average molecular weight is 396 g/mol. The lowest BCUT2D eigenvalue weighted by molar-refractivity contribution is 0.0606. The molecule has 0 bridgehead atoms. The summed E-state index contributed by atoms with van der Waals surface area (Å²) >= 11 is 5.65. The van der Waals surface area contributed by atoms with Crippen molar-refractivity contribution in [3.8, 4) is 0 Å². The Balaban J connectivity index is 2.21. The van der Waals surface area contributed by atoms with Crippen molar-refractivity contribution in [2.24, 2.45) is 0 Å². The first kappa shape index (κ1) is 15.6. The molecule has 2 heterocycles. The zero-order valence-corrected chi connectivity index (χ0v) is 14.3. The van der Waals surface area contributed by atoms with E-state index < -0.39 is 16.0 Å². The highest BCUT2D eigenvalue weighted by molar-refractivity contribution is 9.11. The van der Waals surface area contributed by atoms with Crippen LogP contribution in [0.25, 0.3) is 0 Å². The van der Waals surface area contributed by atoms with Gasteiger partial charge in [-0.3, -0.25) is 0 Å². The number of thiophene rings is 2. The van der Waals surface area contributed by atoms with Crippen LogP contribution in [-0.2, 0) is 21.3 Å². The van der Waals surface area contributed by atoms with Crippen molar-refractivity contribution in [3.05, 3.63) is 37.1 Å². The molecule has 0 amide bonds. The highest BCUT2D eigenvalue weighted by Gasteiger charge is 2.23. The number of carbonyl (C=O) groups excluding carboxylic acids is 1. The third kappa shape index (κ3) is 3.47. The molecule has 0 aromatic carbocycles. The second-order valence-corrected chi connectivity index (χ2v) is 8.78. The molecule has 5 nitrogen and oxygen atoms in total. The molecule has 0 fully saturated rings. The van der Waals surface area contributed by atoms with Gasteiger partial charge in [-0.05, 0) is 33.4 Å². The van der Waals surface area contributed by atoms with Gasteiger partial charge in [-0.25, -0.2) is 17.9 Å². The minimum atomic E-state index is -3.68. The maximum absolute atomic E-state index is 12.2. The van der Waals surface area contributed by atoms with Gasteiger partial charge in [0.25, 0.3) is 0 Å². The number of carbonyl (C=O) groups is 1. The summed E-state index contributed by atoms with van der Waals surface area (Å²) in [6.45, 7) is 0.218. The van der Waals surface area contributed by atoms with E-state index in [0.29, 0.717) is 3.79 Å². The van der Waals surface area contributed by atoms with Gasteiger partial charge in [0.1, 0.15) is 9.77 Å². The van der Waals surface area contributed by atoms with E-state index in [0.717, 1.165) is 16.2 Å². The number of hydrogen-bond acceptors (Lipinski definition) is 6. The lowest BCUT2D eigenvalue weighted by Gasteiger charge is -2.03. The monoisotopic (exact) mass is 395 g/mol. The summed E-state index contributed by atoms with van der Waals surface area (Å²) in [5.41, 5.74) is 0. The molecule has 1 N–H and O–H groups in total. The fraction of sp³-hybridized carbons (Fsp3) is 0.182. The molecule has 20 heavy (non-hydrogen) atoms. The fourth-order valence-electron chi connectivity index (χ4n) is 1.39. The van der Waals surface area contributed by atoms with Crippen molar-refractivity contribution >= 4 is 54.6 Å². The second kappa shape index (κ2) is 6.35. The molecule has 2 rings (SSSR count). The molecule has 0 saturated carbocycles. The highest BCUT2D eigenvalue weighted by Crippen LogP contribution is 2.32. The Morgan fingerprint density at radius 2 is 2.25 bits per heavy atom. The molecule has 0 spiro atoms. The van der Waals surface area contributed by atoms with Crippen LogP contribution in [0.1, 0.15) is 14.5 Å². The first-order valence-electron chi connectivity index (χ1n) is 5.33. The molecule has 0 saturated heterocycles. The van der Waals surface area contributed by atoms with E-state index >= 15 is 0 Å². The van der Waals surface area contributed by atoms with E-state index in [9.17, 15) is 13.2 Å². The van der Waals surface area contributed by atoms with Gasteiger partial charge in [0.05, 0.1) is 10.9 Å². The van der Waals surface area contributed by atoms with Gasteiger partial charge in [0.15, 0.2) is 0 Å². The van der Waals surface area contributed by atoms with Gasteiger partial charge in [0.2, 0.25) is 10.0 Å². The molecule has 0 unspecified atom stereocenters. The van der Waals surface area contributed by atoms with Crippen LogP contribution in [0.15, 0.2) is 32.3 Å². The molecule has 2 aromatic heterocycles. The third-order valence-electron chi connectivity index (χ3n) is 2.35. The first-order chi connectivity index (χ1) is 9.44. The molecule has 0 aliphatic heterocycles. The van der Waals surface area contributed by atoms with Crippen LogP contribution in [0.4, 0.5) is 0 Å². The van der Waals surface area contributed by atoms with Gasteiger partial charge in [-0.15, -0.1) is 22.7 Å². The number of rotatable bonds is 5. The Bertz CT molecular complexity index is 706. The van der Waals surface area contributed by atoms with Crippen LogP contribution in [0.3, 0.4) is 0 Å². The number of hydrogen-bond donors (Lipinski definition) is 1. The number of halogens is 1. The maximum atomic E-state index is 12.2. The summed E-state index contributed by atoms with van der Waals surface area (Å²) in [4.78, 5) is 12.6. The van der Waals surface area contributed by atoms with Gasteiger partial charge in [-0.2, -0.15) is 0 Å². The average Bonchev–Trinajstić information content (AvgIpc) is 3.05. The van der Waals surface area contributed by atoms with Crippen LogP contribution in [0.2, 0.25) is 0 Å². The van der Waals surface area contributed by atoms with Gasteiger partial charge in [-0.1, -0.05) is 6.07 Å². The Morgan fingerprint density at radius 1 is 1.50 bits per heavy atom. The minimum Gasteiger partial charge on any atom is -0.465 e. The Morgan fingerprint density at radius 3 is 2.85 bits per heavy atom. The van der Waals surface area contributed by atoms with E-state index in [1.807, 2.05) is 17.5 Å². The molecule has 108 valence electrons. The zero-order chi connectivity index (χ0) is 14.8. The quantitative estimate of drug-likeness (QED) is 0.789. The molecule has 0 aliphatic rings. The van der Waals surface area contributed by atoms with E-state index in [2.05, 4.69) is 25.4 Å². The predicted octanol–water partition coefficient (Wildman–Crippen LogP) is 2.84. The maximum Gasteiger partial charge on any atom is 0.348 e. The Hall–Kier alpha value is -0.740. The van der Waals surface area contributed by atoms with Gasteiger partial charge >= 0.3 is 5.97 Å². The van der Waals surface area contributed by atoms with Crippen molar-refractivity contribution < 1.29 is 17.9 Å². The SMILES string of the molecule is COC(=O)c1cc(S(=O)(=O)NCc2cccs2)c(Br)s1. The number of nitrogens with one attached hydrogen (secondary N) is 1. The Kier molecular flexibility index (Phi) is 4.97. The van der Waals surface area contributed by atoms with Crippen molar-refractivity contribution in [3.63, 3.8) is 0 Å². The van der Waals surface area contributed by atoms with E-state index in [1.54, 1.807) is 0 Å². The summed E-state index contributed by atoms with van der Waals surface area (Å²) in [6.07, 6.45) is 0. The van der Waals surface area contributed by atoms with Crippen LogP contribution in [-0.4, -0.2) is 21.5 Å². The lowest BCUT2D eigenvalue weighted by Crippen LogP contribution is -2.22. The fourth-order valence-corrected chi connectivity index (χ4v) is 5.62. The molecule has 0 aliphatic carbocycles. The predicted molar refractivity (Wildman–Crippen MR) is 81.7 cm³/mol. The molecule has 2 aromatic rings. The van der Waals surface area contributed by atoms with Crippen molar-refractivity contribution in [1.29, 1.82) is 0 Å². The van der Waals surface area contributed by atoms with Gasteiger partial charge < -0.3 is 4.74 Å². The topological polar surface area (TPSA) is 72.5 Å². The molecule has 0 atom stereocenters. The molecular formula is C11H10BrNO4S3. The number of methoxy groups -OCH3 is 1. The van der Waals surface area contributed by atoms with Crippen LogP contribution in [0, 0.1) is 0 Å². The van der Waals surface area contributed by atoms with Crippen LogP contribution in [0.5, 0.6) is 0 Å². The van der Waals surface area contributed by atoms with E-state index in [4.69, 9.17) is 0 Å². The number of esters is 1. The smallest absolute Gasteiger partial charge is 0.348 e. The number of sulfonamides is 1. The van der Waals surface area contributed by atoms with Gasteiger partial charge in [0, 0.05) is 11.4 Å². The number of ether oxygens (including phenoxy) is 1. The van der Waals surface area contributed by atoms with E-state index in [-0.39, 0.29) is 16.3 Å². The van der Waals surface area contributed by atoms with E-state index in [1.165, 1.54) is 24.5 Å². The third-order valence-corrected chi connectivity index (χ3v) is 6.86. The lowest BCUT2D eigenvalue weighted by atomic mass is 10.5. The van der Waals surface area contributed by atoms with Crippen LogP contribution < -0.4 is 4.72 Å². The second-order valence-electron chi connectivity index (χ2n) is 3.64. The summed E-state index contributed by atoms with van der Waals surface area (Å²) in [6, 6.07) is 5.00. The summed E-state index contributed by atoms with van der Waals surface area (Å²) in [5, 5.41) is 1.87. The molecular weight excluding hydrogens is 386 g/mol. The minimum absolute atomic E-state index is 0.0412. The highest BCUT2D eigenvalue weighted by atomic mass is 79.9. The van der Waals surface area contributed by atoms with Crippen molar-refractivity contribution in [2.75, 3.05) is 7.11 Å². The normalized spacial score (nSPS) is 11.5. The summed E-state index contributed by atoms with van der Waals surface area (Å²) in [5.74, 6) is -0.560. The van der Waals surface area contributed by atoms with Crippen LogP contribution >= 0.6 is 38.6 Å². The van der Waals surface area contributed by atoms with Crippen molar-refractivity contribution in [2.45, 2.75) is 11.4 Å². The van der Waals surface area contributed by atoms with Crippen molar-refractivity contribution in [1.82, 2.24) is 4.72 Å². The molecule has 0 radical (unpaired) electrons. The standard InChI is InChI=1S/C11H10BrNO4S3/c1-17-11(14)8-5-9(10(12)19-8)20(15,16)13-6-7-3-2-4-18-7/h2-5,13H,6H2,1H3. The zero-order valence-electron chi connectivity index (χ0n) is 10.3. The molecule has 9 heteroatoms. The largest absolute Gasteiger partial charge is 0.465 e. The summed E-state index contributed by atoms with van der Waals surface area (Å²) in [7, 11) is -2.43. The Labute approximate surface area is 132 Å². The first-order valence-corrected chi connectivity index (χ1v) is 9.31.